The Bertz CT molecular complexity index is 761. The van der Waals surface area contributed by atoms with Crippen molar-refractivity contribution in [1.82, 2.24) is 0 Å². The molecule has 0 amide bonds. The molecule has 0 fully saturated rings. The van der Waals surface area contributed by atoms with Crippen molar-refractivity contribution < 1.29 is 47.8 Å². The van der Waals surface area contributed by atoms with E-state index in [9.17, 15) is 24.2 Å². The third kappa shape index (κ3) is 29.4. The maximum Gasteiger partial charge on any atom is 0.472 e. The summed E-state index contributed by atoms with van der Waals surface area (Å²) < 4.78 is 32.4. The molecule has 0 aromatic rings. The predicted octanol–water partition coefficient (Wildman–Crippen LogP) is 7.72. The summed E-state index contributed by atoms with van der Waals surface area (Å²) in [6, 6.07) is 0. The molecule has 0 saturated carbocycles. The molecule has 0 bridgehead atoms. The van der Waals surface area contributed by atoms with Crippen molar-refractivity contribution in [3.63, 3.8) is 0 Å². The Kier molecular flexibility index (Phi) is 29.5. The first-order chi connectivity index (χ1) is 21.2. The van der Waals surface area contributed by atoms with Crippen LogP contribution in [0.2, 0.25) is 0 Å². The molecule has 0 radical (unpaired) electrons. The second-order valence-corrected chi connectivity index (χ2v) is 13.0. The number of allylic oxidation sites excluding steroid dienone is 2. The van der Waals surface area contributed by atoms with Crippen LogP contribution in [0, 0.1) is 0 Å². The van der Waals surface area contributed by atoms with E-state index in [1.807, 2.05) is 0 Å². The van der Waals surface area contributed by atoms with Crippen molar-refractivity contribution in [2.45, 2.75) is 161 Å². The summed E-state index contributed by atoms with van der Waals surface area (Å²) in [5, 5.41) is 18.2. The minimum Gasteiger partial charge on any atom is -0.462 e. The van der Waals surface area contributed by atoms with Crippen LogP contribution in [-0.2, 0) is 32.7 Å². The van der Waals surface area contributed by atoms with Gasteiger partial charge in [0.2, 0.25) is 0 Å². The fourth-order valence-corrected chi connectivity index (χ4v) is 5.25. The molecular formula is C33H63O10P. The van der Waals surface area contributed by atoms with Crippen LogP contribution in [0.25, 0.3) is 0 Å². The number of aliphatic hydroxyl groups excluding tert-OH is 2. The summed E-state index contributed by atoms with van der Waals surface area (Å²) in [7, 11) is -4.60. The van der Waals surface area contributed by atoms with Gasteiger partial charge in [0.15, 0.2) is 6.10 Å². The molecule has 0 aliphatic rings. The average Bonchev–Trinajstić information content (AvgIpc) is 3.00. The predicted molar refractivity (Wildman–Crippen MR) is 173 cm³/mol. The maximum absolute atomic E-state index is 12.4. The lowest BCUT2D eigenvalue weighted by molar-refractivity contribution is -0.161. The standard InChI is InChI=1S/C33H63O10P/c1-3-5-7-9-11-13-14-15-17-18-20-22-24-32(36)40-28-31(29-42-44(38,39)41-27-30(35)26-34)43-33(37)25-23-21-19-16-12-10-8-6-4-2/h11,13,30-31,34-35H,3-10,12,14-29H2,1-2H3,(H,38,39)/b13-11+/t30-,31+/m0/s1. The number of hydrogen-bond donors (Lipinski definition) is 3. The van der Waals surface area contributed by atoms with Crippen LogP contribution in [0.5, 0.6) is 0 Å². The summed E-state index contributed by atoms with van der Waals surface area (Å²) in [6.45, 7) is 2.29. The van der Waals surface area contributed by atoms with Crippen LogP contribution in [-0.4, -0.2) is 65.7 Å². The highest BCUT2D eigenvalue weighted by Gasteiger charge is 2.27. The van der Waals surface area contributed by atoms with E-state index in [-0.39, 0.29) is 19.4 Å². The van der Waals surface area contributed by atoms with E-state index in [0.717, 1.165) is 57.8 Å². The number of esters is 2. The van der Waals surface area contributed by atoms with Crippen molar-refractivity contribution in [1.29, 1.82) is 0 Å². The van der Waals surface area contributed by atoms with Gasteiger partial charge < -0.3 is 24.6 Å². The van der Waals surface area contributed by atoms with Gasteiger partial charge in [-0.15, -0.1) is 0 Å². The topological polar surface area (TPSA) is 149 Å². The van der Waals surface area contributed by atoms with E-state index in [0.29, 0.717) is 12.8 Å². The number of unbranched alkanes of at least 4 members (excludes halogenated alkanes) is 16. The highest BCUT2D eigenvalue weighted by Crippen LogP contribution is 2.43. The average molecular weight is 651 g/mol. The number of carbonyl (C=O) groups is 2. The van der Waals surface area contributed by atoms with Gasteiger partial charge in [-0.05, 0) is 38.5 Å². The lowest BCUT2D eigenvalue weighted by atomic mass is 10.1. The molecule has 0 saturated heterocycles. The van der Waals surface area contributed by atoms with Crippen LogP contribution in [0.15, 0.2) is 12.2 Å². The van der Waals surface area contributed by atoms with Gasteiger partial charge in [0, 0.05) is 12.8 Å². The Morgan fingerprint density at radius 2 is 1.11 bits per heavy atom. The van der Waals surface area contributed by atoms with Gasteiger partial charge in [-0.1, -0.05) is 109 Å². The Balaban J connectivity index is 4.42. The monoisotopic (exact) mass is 650 g/mol. The van der Waals surface area contributed by atoms with Crippen LogP contribution >= 0.6 is 7.82 Å². The number of aliphatic hydroxyl groups is 2. The minimum atomic E-state index is -4.60. The Morgan fingerprint density at radius 1 is 0.659 bits per heavy atom. The normalized spacial score (nSPS) is 14.4. The van der Waals surface area contributed by atoms with Crippen LogP contribution in [0.3, 0.4) is 0 Å². The summed E-state index contributed by atoms with van der Waals surface area (Å²) >= 11 is 0. The fourth-order valence-electron chi connectivity index (χ4n) is 4.46. The number of hydrogen-bond acceptors (Lipinski definition) is 9. The first-order valence-electron chi connectivity index (χ1n) is 17.1. The molecule has 44 heavy (non-hydrogen) atoms. The molecule has 0 spiro atoms. The zero-order chi connectivity index (χ0) is 32.7. The van der Waals surface area contributed by atoms with Crippen LogP contribution < -0.4 is 0 Å². The molecule has 0 aliphatic heterocycles. The minimum absolute atomic E-state index is 0.185. The van der Waals surface area contributed by atoms with Gasteiger partial charge in [0.25, 0.3) is 0 Å². The molecule has 0 heterocycles. The van der Waals surface area contributed by atoms with Crippen LogP contribution in [0.1, 0.15) is 149 Å². The lowest BCUT2D eigenvalue weighted by Crippen LogP contribution is -2.29. The molecule has 3 N–H and O–H groups in total. The van der Waals surface area contributed by atoms with Gasteiger partial charge in [-0.3, -0.25) is 18.6 Å². The van der Waals surface area contributed by atoms with Crippen molar-refractivity contribution in [2.75, 3.05) is 26.4 Å². The third-order valence-electron chi connectivity index (χ3n) is 7.17. The molecule has 1 unspecified atom stereocenters. The van der Waals surface area contributed by atoms with Crippen molar-refractivity contribution in [3.8, 4) is 0 Å². The van der Waals surface area contributed by atoms with E-state index in [2.05, 4.69) is 30.5 Å². The highest BCUT2D eigenvalue weighted by molar-refractivity contribution is 7.47. The molecule has 0 aromatic carbocycles. The van der Waals surface area contributed by atoms with Gasteiger partial charge in [0.05, 0.1) is 19.8 Å². The summed E-state index contributed by atoms with van der Waals surface area (Å²) in [6.07, 6.45) is 23.4. The number of phosphoric acid groups is 1. The molecule has 11 heteroatoms. The molecule has 3 atom stereocenters. The molecule has 260 valence electrons. The zero-order valence-corrected chi connectivity index (χ0v) is 28.5. The van der Waals surface area contributed by atoms with Crippen molar-refractivity contribution in [3.05, 3.63) is 12.2 Å². The van der Waals surface area contributed by atoms with E-state index in [1.165, 1.54) is 51.4 Å². The van der Waals surface area contributed by atoms with E-state index < -0.39 is 51.8 Å². The van der Waals surface area contributed by atoms with Crippen molar-refractivity contribution >= 4 is 19.8 Å². The van der Waals surface area contributed by atoms with E-state index in [4.69, 9.17) is 19.1 Å². The fraction of sp³-hybridized carbons (Fsp3) is 0.879. The second-order valence-electron chi connectivity index (χ2n) is 11.5. The highest BCUT2D eigenvalue weighted by atomic mass is 31.2. The number of rotatable bonds is 32. The van der Waals surface area contributed by atoms with Crippen molar-refractivity contribution in [2.24, 2.45) is 0 Å². The zero-order valence-electron chi connectivity index (χ0n) is 27.6. The van der Waals surface area contributed by atoms with E-state index in [1.54, 1.807) is 0 Å². The number of phosphoric ester groups is 1. The molecular weight excluding hydrogens is 587 g/mol. The Morgan fingerprint density at radius 3 is 1.68 bits per heavy atom. The van der Waals surface area contributed by atoms with E-state index >= 15 is 0 Å². The third-order valence-corrected chi connectivity index (χ3v) is 8.12. The Hall–Kier alpha value is -1.29. The number of carbonyl (C=O) groups excluding carboxylic acids is 2. The smallest absolute Gasteiger partial charge is 0.462 e. The maximum atomic E-state index is 12.4. The summed E-state index contributed by atoms with van der Waals surface area (Å²) in [5.74, 6) is -0.938. The first-order valence-corrected chi connectivity index (χ1v) is 18.6. The van der Waals surface area contributed by atoms with Gasteiger partial charge in [-0.25, -0.2) is 4.57 Å². The summed E-state index contributed by atoms with van der Waals surface area (Å²) in [5.41, 5.74) is 0. The molecule has 0 aliphatic carbocycles. The largest absolute Gasteiger partial charge is 0.472 e. The SMILES string of the molecule is CCCCC/C=C/CCCCCCCC(=O)OC[C@H](COP(=O)(O)OC[C@@H](O)CO)OC(=O)CCCCCCCCCCC. The van der Waals surface area contributed by atoms with Gasteiger partial charge >= 0.3 is 19.8 Å². The summed E-state index contributed by atoms with van der Waals surface area (Å²) in [4.78, 5) is 34.6. The van der Waals surface area contributed by atoms with Crippen LogP contribution in [0.4, 0.5) is 0 Å². The number of ether oxygens (including phenoxy) is 2. The second kappa shape index (κ2) is 30.4. The quantitative estimate of drug-likeness (QED) is 0.0286. The lowest BCUT2D eigenvalue weighted by Gasteiger charge is -2.20. The molecule has 0 aromatic heterocycles. The molecule has 10 nitrogen and oxygen atoms in total. The first kappa shape index (κ1) is 42.7. The Labute approximate surface area is 266 Å². The van der Waals surface area contributed by atoms with Gasteiger partial charge in [0.1, 0.15) is 12.7 Å². The van der Waals surface area contributed by atoms with Gasteiger partial charge in [-0.2, -0.15) is 0 Å². The molecule has 0 rings (SSSR count).